The van der Waals surface area contributed by atoms with Gasteiger partial charge >= 0.3 is 0 Å². The second kappa shape index (κ2) is 5.72. The Morgan fingerprint density at radius 2 is 1.84 bits per heavy atom. The normalized spacial score (nSPS) is 12.3. The van der Waals surface area contributed by atoms with Crippen molar-refractivity contribution < 1.29 is 9.13 Å². The molecule has 2 N–H and O–H groups in total. The summed E-state index contributed by atoms with van der Waals surface area (Å²) >= 11 is 3.45. The quantitative estimate of drug-likeness (QED) is 0.887. The lowest BCUT2D eigenvalue weighted by Gasteiger charge is -2.15. The molecule has 0 saturated carbocycles. The van der Waals surface area contributed by atoms with Gasteiger partial charge < -0.3 is 10.5 Å². The van der Waals surface area contributed by atoms with Crippen LogP contribution >= 0.6 is 15.9 Å². The Hall–Kier alpha value is -1.39. The van der Waals surface area contributed by atoms with Gasteiger partial charge in [-0.2, -0.15) is 0 Å². The van der Waals surface area contributed by atoms with Crippen LogP contribution in [0, 0.1) is 12.7 Å². The van der Waals surface area contributed by atoms with Gasteiger partial charge in [-0.25, -0.2) is 4.39 Å². The minimum Gasteiger partial charge on any atom is -0.456 e. The van der Waals surface area contributed by atoms with Crippen molar-refractivity contribution in [2.24, 2.45) is 5.73 Å². The Morgan fingerprint density at radius 1 is 1.16 bits per heavy atom. The van der Waals surface area contributed by atoms with E-state index < -0.39 is 0 Å². The van der Waals surface area contributed by atoms with Gasteiger partial charge in [0.2, 0.25) is 0 Å². The summed E-state index contributed by atoms with van der Waals surface area (Å²) in [6.07, 6.45) is 0. The van der Waals surface area contributed by atoms with Gasteiger partial charge in [0.1, 0.15) is 17.3 Å². The van der Waals surface area contributed by atoms with Gasteiger partial charge in [-0.3, -0.25) is 0 Å². The van der Waals surface area contributed by atoms with Crippen molar-refractivity contribution in [2.75, 3.05) is 0 Å². The van der Waals surface area contributed by atoms with Crippen LogP contribution < -0.4 is 10.5 Å². The van der Waals surface area contributed by atoms with E-state index in [1.807, 2.05) is 25.1 Å². The standard InChI is InChI=1S/C15H15BrFNO/c1-9-3-5-15(13(16)7-9)19-14-6-4-11(17)8-12(14)10(2)18/h3-8,10H,18H2,1-2H3/t10-/m1/s1. The molecular weight excluding hydrogens is 309 g/mol. The average Bonchev–Trinajstić information content (AvgIpc) is 2.34. The molecule has 2 aromatic rings. The number of hydrogen-bond acceptors (Lipinski definition) is 2. The van der Waals surface area contributed by atoms with Crippen molar-refractivity contribution in [2.45, 2.75) is 19.9 Å². The molecule has 0 spiro atoms. The Balaban J connectivity index is 2.38. The first-order valence-corrected chi connectivity index (χ1v) is 6.75. The van der Waals surface area contributed by atoms with Crippen molar-refractivity contribution >= 4 is 15.9 Å². The second-order valence-corrected chi connectivity index (χ2v) is 5.36. The monoisotopic (exact) mass is 323 g/mol. The third-order valence-corrected chi connectivity index (χ3v) is 3.39. The van der Waals surface area contributed by atoms with Crippen LogP contribution in [0.25, 0.3) is 0 Å². The van der Waals surface area contributed by atoms with Gasteiger partial charge in [-0.1, -0.05) is 6.07 Å². The highest BCUT2D eigenvalue weighted by atomic mass is 79.9. The second-order valence-electron chi connectivity index (χ2n) is 4.51. The lowest BCUT2D eigenvalue weighted by molar-refractivity contribution is 0.466. The summed E-state index contributed by atoms with van der Waals surface area (Å²) in [7, 11) is 0. The summed E-state index contributed by atoms with van der Waals surface area (Å²) in [6.45, 7) is 3.80. The van der Waals surface area contributed by atoms with Crippen molar-refractivity contribution in [3.05, 3.63) is 57.8 Å². The fourth-order valence-corrected chi connectivity index (χ4v) is 2.35. The largest absolute Gasteiger partial charge is 0.456 e. The van der Waals surface area contributed by atoms with Crippen molar-refractivity contribution in [1.29, 1.82) is 0 Å². The van der Waals surface area contributed by atoms with Crippen LogP contribution in [0.2, 0.25) is 0 Å². The maximum atomic E-state index is 13.3. The Kier molecular flexibility index (Phi) is 4.22. The molecule has 4 heteroatoms. The molecular formula is C15H15BrFNO. The fraction of sp³-hybridized carbons (Fsp3) is 0.200. The SMILES string of the molecule is Cc1ccc(Oc2ccc(F)cc2[C@@H](C)N)c(Br)c1. The number of nitrogens with two attached hydrogens (primary N) is 1. The molecule has 0 bridgehead atoms. The highest BCUT2D eigenvalue weighted by molar-refractivity contribution is 9.10. The van der Waals surface area contributed by atoms with Gasteiger partial charge in [0.25, 0.3) is 0 Å². The molecule has 2 rings (SSSR count). The molecule has 0 radical (unpaired) electrons. The Bertz CT molecular complexity index is 599. The predicted molar refractivity (Wildman–Crippen MR) is 78.0 cm³/mol. The van der Waals surface area contributed by atoms with E-state index in [0.29, 0.717) is 17.1 Å². The summed E-state index contributed by atoms with van der Waals surface area (Å²) in [5.41, 5.74) is 7.62. The topological polar surface area (TPSA) is 35.2 Å². The lowest BCUT2D eigenvalue weighted by Crippen LogP contribution is -2.07. The van der Waals surface area contributed by atoms with Crippen LogP contribution in [0.15, 0.2) is 40.9 Å². The molecule has 0 aliphatic rings. The Morgan fingerprint density at radius 3 is 2.47 bits per heavy atom. The highest BCUT2D eigenvalue weighted by Crippen LogP contribution is 2.34. The van der Waals surface area contributed by atoms with Crippen LogP contribution in [0.3, 0.4) is 0 Å². The molecule has 0 aromatic heterocycles. The summed E-state index contributed by atoms with van der Waals surface area (Å²) in [5.74, 6) is 0.933. The summed E-state index contributed by atoms with van der Waals surface area (Å²) < 4.78 is 19.9. The zero-order chi connectivity index (χ0) is 14.0. The zero-order valence-electron chi connectivity index (χ0n) is 10.8. The molecule has 19 heavy (non-hydrogen) atoms. The smallest absolute Gasteiger partial charge is 0.141 e. The number of aryl methyl sites for hydroxylation is 1. The van der Waals surface area contributed by atoms with Gasteiger partial charge in [0.15, 0.2) is 0 Å². The van der Waals surface area contributed by atoms with Gasteiger partial charge in [-0.15, -0.1) is 0 Å². The molecule has 0 aliphatic heterocycles. The van der Waals surface area contributed by atoms with E-state index in [2.05, 4.69) is 15.9 Å². The molecule has 0 heterocycles. The maximum Gasteiger partial charge on any atom is 0.141 e. The van der Waals surface area contributed by atoms with Crippen LogP contribution in [-0.2, 0) is 0 Å². The van der Waals surface area contributed by atoms with Gasteiger partial charge in [0.05, 0.1) is 4.47 Å². The average molecular weight is 324 g/mol. The van der Waals surface area contributed by atoms with Crippen molar-refractivity contribution in [1.82, 2.24) is 0 Å². The van der Waals surface area contributed by atoms with E-state index in [9.17, 15) is 4.39 Å². The molecule has 0 amide bonds. The number of hydrogen-bond donors (Lipinski definition) is 1. The van der Waals surface area contributed by atoms with Gasteiger partial charge in [0, 0.05) is 11.6 Å². The number of ether oxygens (including phenoxy) is 1. The highest BCUT2D eigenvalue weighted by Gasteiger charge is 2.12. The molecule has 0 unspecified atom stereocenters. The number of rotatable bonds is 3. The van der Waals surface area contributed by atoms with Crippen molar-refractivity contribution in [3.63, 3.8) is 0 Å². The van der Waals surface area contributed by atoms with E-state index in [1.165, 1.54) is 12.1 Å². The van der Waals surface area contributed by atoms with E-state index in [-0.39, 0.29) is 11.9 Å². The number of benzene rings is 2. The summed E-state index contributed by atoms with van der Waals surface area (Å²) in [6, 6.07) is 9.86. The van der Waals surface area contributed by atoms with E-state index in [4.69, 9.17) is 10.5 Å². The first kappa shape index (κ1) is 14.0. The number of halogens is 2. The first-order valence-electron chi connectivity index (χ1n) is 5.96. The van der Waals surface area contributed by atoms with E-state index in [0.717, 1.165) is 10.0 Å². The van der Waals surface area contributed by atoms with Crippen LogP contribution in [0.1, 0.15) is 24.1 Å². The Labute approximate surface area is 120 Å². The molecule has 0 aliphatic carbocycles. The predicted octanol–water partition coefficient (Wildman–Crippen LogP) is 4.71. The molecule has 1 atom stereocenters. The van der Waals surface area contributed by atoms with Crippen LogP contribution in [0.4, 0.5) is 4.39 Å². The molecule has 0 fully saturated rings. The molecule has 2 nitrogen and oxygen atoms in total. The third kappa shape index (κ3) is 3.33. The summed E-state index contributed by atoms with van der Waals surface area (Å²) in [5, 5.41) is 0. The lowest BCUT2D eigenvalue weighted by atomic mass is 10.1. The van der Waals surface area contributed by atoms with Crippen LogP contribution in [0.5, 0.6) is 11.5 Å². The third-order valence-electron chi connectivity index (χ3n) is 2.77. The molecule has 100 valence electrons. The minimum atomic E-state index is -0.317. The van der Waals surface area contributed by atoms with E-state index >= 15 is 0 Å². The fourth-order valence-electron chi connectivity index (χ4n) is 1.78. The minimum absolute atomic E-state index is 0.296. The van der Waals surface area contributed by atoms with Crippen LogP contribution in [-0.4, -0.2) is 0 Å². The molecule has 2 aromatic carbocycles. The van der Waals surface area contributed by atoms with Gasteiger partial charge in [-0.05, 0) is 65.7 Å². The van der Waals surface area contributed by atoms with Crippen molar-refractivity contribution in [3.8, 4) is 11.5 Å². The summed E-state index contributed by atoms with van der Waals surface area (Å²) in [4.78, 5) is 0. The maximum absolute atomic E-state index is 13.3. The molecule has 0 saturated heterocycles. The first-order chi connectivity index (χ1) is 8.97. The zero-order valence-corrected chi connectivity index (χ0v) is 12.4. The van der Waals surface area contributed by atoms with E-state index in [1.54, 1.807) is 13.0 Å².